The number of ether oxygens (including phenoxy) is 1. The molecule has 2 saturated carbocycles. The molecule has 7 atom stereocenters. The van der Waals surface area contributed by atoms with E-state index in [2.05, 4.69) is 37.3 Å². The Bertz CT molecular complexity index is 1330. The summed E-state index contributed by atoms with van der Waals surface area (Å²) in [6, 6.07) is 17.0. The number of aliphatic hydroxyl groups excluding tert-OH is 1. The number of alkyl halides is 5. The van der Waals surface area contributed by atoms with Crippen molar-refractivity contribution in [3.05, 3.63) is 65.2 Å². The van der Waals surface area contributed by atoms with Crippen molar-refractivity contribution in [2.24, 2.45) is 23.2 Å². The monoisotopic (exact) mass is 696 g/mol. The minimum Gasteiger partial charge on any atom is -0.489 e. The van der Waals surface area contributed by atoms with Gasteiger partial charge in [0.25, 0.3) is 0 Å². The van der Waals surface area contributed by atoms with Crippen LogP contribution in [-0.4, -0.2) is 39.0 Å². The summed E-state index contributed by atoms with van der Waals surface area (Å²) in [5.74, 6) is -1.24. The Hall–Kier alpha value is -2.00. The van der Waals surface area contributed by atoms with E-state index in [1.165, 1.54) is 24.0 Å². The highest BCUT2D eigenvalue weighted by molar-refractivity contribution is 7.84. The Morgan fingerprint density at radius 1 is 0.875 bits per heavy atom. The van der Waals surface area contributed by atoms with Gasteiger partial charge in [-0.1, -0.05) is 81.8 Å². The molecule has 2 fully saturated rings. The van der Waals surface area contributed by atoms with Crippen molar-refractivity contribution < 1.29 is 36.0 Å². The van der Waals surface area contributed by atoms with Gasteiger partial charge in [-0.25, -0.2) is 0 Å². The Morgan fingerprint density at radius 2 is 1.56 bits per heavy atom. The van der Waals surface area contributed by atoms with Crippen LogP contribution in [0.1, 0.15) is 119 Å². The molecule has 268 valence electrons. The minimum atomic E-state index is -5.54. The third-order valence-corrected chi connectivity index (χ3v) is 13.3. The summed E-state index contributed by atoms with van der Waals surface area (Å²) in [4.78, 5) is 0. The molecule has 0 spiro atoms. The molecule has 0 aromatic heterocycles. The number of hydrogen-bond donors (Lipinski definition) is 1. The minimum absolute atomic E-state index is 0.0213. The average Bonchev–Trinajstić information content (AvgIpc) is 3.36. The molecule has 0 heterocycles. The first-order valence-corrected chi connectivity index (χ1v) is 19.6. The summed E-state index contributed by atoms with van der Waals surface area (Å²) < 4.78 is 81.2. The number of fused-ring (bicyclic) bond motifs is 5. The highest BCUT2D eigenvalue weighted by atomic mass is 32.2. The normalized spacial score (nSPS) is 27.6. The van der Waals surface area contributed by atoms with Crippen LogP contribution >= 0.6 is 0 Å². The largest absolute Gasteiger partial charge is 0.489 e. The quantitative estimate of drug-likeness (QED) is 0.132. The van der Waals surface area contributed by atoms with Crippen molar-refractivity contribution >= 4 is 10.8 Å². The maximum atomic E-state index is 13.0. The molecule has 1 unspecified atom stereocenters. The summed E-state index contributed by atoms with van der Waals surface area (Å²) in [7, 11) is -1.36. The van der Waals surface area contributed by atoms with Crippen molar-refractivity contribution in [1.29, 1.82) is 0 Å². The van der Waals surface area contributed by atoms with Gasteiger partial charge in [-0.3, -0.25) is 4.21 Å². The molecule has 0 radical (unpaired) electrons. The molecular weight excluding hydrogens is 643 g/mol. The summed E-state index contributed by atoms with van der Waals surface area (Å²) >= 11 is 0. The fraction of sp³-hybridized carbons (Fsp3) is 0.692. The predicted octanol–water partition coefficient (Wildman–Crippen LogP) is 10.6. The number of halogens is 5. The SMILES string of the molecule is C[C@]12CC[C@@H]3c4ccc(OCc5ccccc5)cc4C[C@@H](CCCCCCCCCS(=O)CCCC(F)(F)C(F)(F)F)[C@H]3[C@@H]1CC[C@@H]2O. The Balaban J connectivity index is 1.07. The van der Waals surface area contributed by atoms with Gasteiger partial charge in [-0.2, -0.15) is 22.0 Å². The van der Waals surface area contributed by atoms with Crippen LogP contribution in [0.25, 0.3) is 0 Å². The second-order valence-corrected chi connectivity index (χ2v) is 16.6. The highest BCUT2D eigenvalue weighted by Crippen LogP contribution is 2.62. The molecule has 5 rings (SSSR count). The fourth-order valence-electron chi connectivity index (χ4n) is 9.10. The van der Waals surface area contributed by atoms with Crippen molar-refractivity contribution in [2.45, 2.75) is 134 Å². The van der Waals surface area contributed by atoms with Gasteiger partial charge in [0.05, 0.1) is 6.10 Å². The second kappa shape index (κ2) is 16.3. The predicted molar refractivity (Wildman–Crippen MR) is 182 cm³/mol. The standard InChI is InChI=1S/C39H53F5O3S/c1-37-22-20-33-32-17-16-31(47-27-28-13-8-7-9-14-28)26-30(32)25-29(36(33)34(37)18-19-35(37)45)15-10-5-3-2-4-6-11-23-48(46)24-12-21-38(40,41)39(42,43)44/h7-9,13-14,16-17,26,29,33-36,45H,2-6,10-12,15,18-25,27H2,1H3/t29-,33-,34+,35+,36-,37+,48?/m1/s1. The van der Waals surface area contributed by atoms with Crippen molar-refractivity contribution in [3.63, 3.8) is 0 Å². The van der Waals surface area contributed by atoms with Crippen LogP contribution in [0, 0.1) is 23.2 Å². The summed E-state index contributed by atoms with van der Waals surface area (Å²) in [5.41, 5.74) is 4.10. The van der Waals surface area contributed by atoms with Crippen LogP contribution in [0.4, 0.5) is 22.0 Å². The van der Waals surface area contributed by atoms with Crippen LogP contribution < -0.4 is 4.74 Å². The molecule has 0 bridgehead atoms. The molecule has 3 aliphatic carbocycles. The van der Waals surface area contributed by atoms with Gasteiger partial charge >= 0.3 is 12.1 Å². The molecular formula is C39H53F5O3S. The average molecular weight is 697 g/mol. The van der Waals surface area contributed by atoms with E-state index in [9.17, 15) is 31.3 Å². The van der Waals surface area contributed by atoms with Crippen LogP contribution in [0.2, 0.25) is 0 Å². The van der Waals surface area contributed by atoms with E-state index < -0.39 is 35.7 Å². The first kappa shape index (κ1) is 37.3. The van der Waals surface area contributed by atoms with E-state index in [4.69, 9.17) is 4.74 Å². The molecule has 0 saturated heterocycles. The number of hydrogen-bond acceptors (Lipinski definition) is 3. The van der Waals surface area contributed by atoms with Crippen LogP contribution in [0.15, 0.2) is 48.5 Å². The van der Waals surface area contributed by atoms with E-state index >= 15 is 0 Å². The van der Waals surface area contributed by atoms with E-state index in [1.54, 1.807) is 0 Å². The maximum Gasteiger partial charge on any atom is 0.453 e. The Morgan fingerprint density at radius 3 is 2.29 bits per heavy atom. The molecule has 9 heteroatoms. The Labute approximate surface area is 285 Å². The highest BCUT2D eigenvalue weighted by Gasteiger charge is 2.57. The van der Waals surface area contributed by atoms with Gasteiger partial charge in [0.2, 0.25) is 0 Å². The fourth-order valence-corrected chi connectivity index (χ4v) is 10.3. The molecule has 3 nitrogen and oxygen atoms in total. The summed E-state index contributed by atoms with van der Waals surface area (Å²) in [6.45, 7) is 2.89. The van der Waals surface area contributed by atoms with Gasteiger partial charge in [0.1, 0.15) is 12.4 Å². The van der Waals surface area contributed by atoms with Crippen LogP contribution in [-0.2, 0) is 23.8 Å². The smallest absolute Gasteiger partial charge is 0.453 e. The molecule has 2 aromatic carbocycles. The van der Waals surface area contributed by atoms with Crippen molar-refractivity contribution in [2.75, 3.05) is 11.5 Å². The maximum absolute atomic E-state index is 13.0. The number of rotatable bonds is 17. The molecule has 1 N–H and O–H groups in total. The van der Waals surface area contributed by atoms with E-state index in [1.807, 2.05) is 18.2 Å². The van der Waals surface area contributed by atoms with Gasteiger partial charge in [0.15, 0.2) is 0 Å². The zero-order chi connectivity index (χ0) is 34.4. The lowest BCUT2D eigenvalue weighted by Gasteiger charge is -2.53. The topological polar surface area (TPSA) is 46.5 Å². The van der Waals surface area contributed by atoms with Crippen LogP contribution in [0.5, 0.6) is 5.75 Å². The van der Waals surface area contributed by atoms with Gasteiger partial charge in [0, 0.05) is 28.7 Å². The lowest BCUT2D eigenvalue weighted by Crippen LogP contribution is -2.47. The van der Waals surface area contributed by atoms with Crippen molar-refractivity contribution in [1.82, 2.24) is 0 Å². The zero-order valence-electron chi connectivity index (χ0n) is 28.3. The third kappa shape index (κ3) is 9.01. The van der Waals surface area contributed by atoms with Gasteiger partial charge in [-0.05, 0) is 109 Å². The lowest BCUT2D eigenvalue weighted by molar-refractivity contribution is -0.284. The molecule has 0 aliphatic heterocycles. The third-order valence-electron chi connectivity index (χ3n) is 11.8. The Kier molecular flexibility index (Phi) is 12.7. The van der Waals surface area contributed by atoms with E-state index in [-0.39, 0.29) is 17.3 Å². The van der Waals surface area contributed by atoms with Crippen LogP contribution in [0.3, 0.4) is 0 Å². The second-order valence-electron chi connectivity index (χ2n) is 14.9. The molecule has 0 amide bonds. The van der Waals surface area contributed by atoms with Gasteiger partial charge in [-0.15, -0.1) is 0 Å². The number of benzene rings is 2. The molecule has 2 aromatic rings. The van der Waals surface area contributed by atoms with Gasteiger partial charge < -0.3 is 9.84 Å². The number of aliphatic hydroxyl groups is 1. The zero-order valence-corrected chi connectivity index (χ0v) is 29.1. The van der Waals surface area contributed by atoms with E-state index in [0.717, 1.165) is 75.5 Å². The molecule has 3 aliphatic rings. The number of unbranched alkanes of at least 4 members (excludes halogenated alkanes) is 6. The van der Waals surface area contributed by atoms with E-state index in [0.29, 0.717) is 42.5 Å². The van der Waals surface area contributed by atoms with Crippen molar-refractivity contribution in [3.8, 4) is 5.75 Å². The molecule has 48 heavy (non-hydrogen) atoms. The summed E-state index contributed by atoms with van der Waals surface area (Å²) in [5, 5.41) is 11.0. The summed E-state index contributed by atoms with van der Waals surface area (Å²) in [6.07, 6.45) is 6.21. The first-order chi connectivity index (χ1) is 22.9. The lowest BCUT2D eigenvalue weighted by atomic mass is 9.52. The first-order valence-electron chi connectivity index (χ1n) is 18.2.